The number of esters is 1. The van der Waals surface area contributed by atoms with E-state index in [2.05, 4.69) is 0 Å². The molecule has 1 saturated heterocycles. The van der Waals surface area contributed by atoms with Crippen molar-refractivity contribution in [1.29, 1.82) is 0 Å². The van der Waals surface area contributed by atoms with E-state index in [-0.39, 0.29) is 12.1 Å². The second-order valence-corrected chi connectivity index (χ2v) is 3.84. The predicted octanol–water partition coefficient (Wildman–Crippen LogP) is 1.60. The molecule has 0 aliphatic carbocycles. The minimum atomic E-state index is -0.285. The van der Waals surface area contributed by atoms with Gasteiger partial charge in [0.25, 0.3) is 0 Å². The minimum absolute atomic E-state index is 0.0150. The number of hydrogen-bond acceptors (Lipinski definition) is 4. The highest BCUT2D eigenvalue weighted by molar-refractivity contribution is 5.89. The number of benzene rings is 1. The Morgan fingerprint density at radius 2 is 1.88 bits per heavy atom. The average Bonchev–Trinajstić information content (AvgIpc) is 2.31. The maximum Gasteiger partial charge on any atom is 0.338 e. The van der Waals surface area contributed by atoms with Crippen molar-refractivity contribution in [3.05, 3.63) is 29.8 Å². The second kappa shape index (κ2) is 4.99. The van der Waals surface area contributed by atoms with Gasteiger partial charge in [-0.2, -0.15) is 0 Å². The smallest absolute Gasteiger partial charge is 0.338 e. The van der Waals surface area contributed by atoms with Gasteiger partial charge in [-0.3, -0.25) is 0 Å². The molecular weight excluding hydrogens is 206 g/mol. The van der Waals surface area contributed by atoms with Crippen LogP contribution in [0.1, 0.15) is 23.2 Å². The van der Waals surface area contributed by atoms with Crippen LogP contribution in [0.4, 0.5) is 5.69 Å². The van der Waals surface area contributed by atoms with Crippen LogP contribution in [0, 0.1) is 0 Å². The van der Waals surface area contributed by atoms with Gasteiger partial charge in [0.1, 0.15) is 6.10 Å². The van der Waals surface area contributed by atoms with E-state index in [1.165, 1.54) is 0 Å². The van der Waals surface area contributed by atoms with Crippen molar-refractivity contribution >= 4 is 11.7 Å². The molecule has 4 nitrogen and oxygen atoms in total. The Kier molecular flexibility index (Phi) is 3.41. The molecule has 16 heavy (non-hydrogen) atoms. The summed E-state index contributed by atoms with van der Waals surface area (Å²) < 4.78 is 10.6. The molecule has 0 spiro atoms. The Hall–Kier alpha value is -1.55. The Morgan fingerprint density at radius 3 is 2.50 bits per heavy atom. The van der Waals surface area contributed by atoms with Crippen molar-refractivity contribution in [2.45, 2.75) is 18.9 Å². The van der Waals surface area contributed by atoms with E-state index in [4.69, 9.17) is 15.2 Å². The number of anilines is 1. The van der Waals surface area contributed by atoms with Gasteiger partial charge in [0.05, 0.1) is 18.8 Å². The summed E-state index contributed by atoms with van der Waals surface area (Å²) in [6.07, 6.45) is 1.54. The van der Waals surface area contributed by atoms with Gasteiger partial charge in [0.2, 0.25) is 0 Å². The zero-order chi connectivity index (χ0) is 11.4. The molecule has 0 aromatic heterocycles. The maximum absolute atomic E-state index is 11.7. The van der Waals surface area contributed by atoms with Gasteiger partial charge in [-0.25, -0.2) is 4.79 Å². The van der Waals surface area contributed by atoms with E-state index >= 15 is 0 Å². The number of nitrogens with two attached hydrogens (primary N) is 1. The van der Waals surface area contributed by atoms with Crippen LogP contribution in [0.15, 0.2) is 24.3 Å². The summed E-state index contributed by atoms with van der Waals surface area (Å²) in [7, 11) is 0. The highest BCUT2D eigenvalue weighted by atomic mass is 16.6. The minimum Gasteiger partial charge on any atom is -0.459 e. The molecule has 0 radical (unpaired) electrons. The highest BCUT2D eigenvalue weighted by Gasteiger charge is 2.18. The number of nitrogen functional groups attached to an aromatic ring is 1. The Bertz CT molecular complexity index is 355. The van der Waals surface area contributed by atoms with Gasteiger partial charge >= 0.3 is 5.97 Å². The molecule has 2 N–H and O–H groups in total. The zero-order valence-electron chi connectivity index (χ0n) is 9.02. The fraction of sp³-hybridized carbons (Fsp3) is 0.417. The van der Waals surface area contributed by atoms with E-state index in [9.17, 15) is 4.79 Å². The lowest BCUT2D eigenvalue weighted by Crippen LogP contribution is -2.26. The normalized spacial score (nSPS) is 17.0. The highest BCUT2D eigenvalue weighted by Crippen LogP contribution is 2.14. The third-order valence-corrected chi connectivity index (χ3v) is 2.59. The topological polar surface area (TPSA) is 61.6 Å². The average molecular weight is 221 g/mol. The van der Waals surface area contributed by atoms with Gasteiger partial charge < -0.3 is 15.2 Å². The van der Waals surface area contributed by atoms with Gasteiger partial charge in [-0.1, -0.05) is 0 Å². The van der Waals surface area contributed by atoms with Crippen molar-refractivity contribution in [3.63, 3.8) is 0 Å². The largest absolute Gasteiger partial charge is 0.459 e. The van der Waals surface area contributed by atoms with E-state index < -0.39 is 0 Å². The molecule has 1 aliphatic heterocycles. The third-order valence-electron chi connectivity index (χ3n) is 2.59. The van der Waals surface area contributed by atoms with Crippen molar-refractivity contribution in [2.24, 2.45) is 0 Å². The van der Waals surface area contributed by atoms with Crippen LogP contribution in [0.5, 0.6) is 0 Å². The van der Waals surface area contributed by atoms with Crippen LogP contribution in [-0.2, 0) is 9.47 Å². The standard InChI is InChI=1S/C12H15NO3/c13-10-3-1-9(2-4-10)12(14)16-11-5-7-15-8-6-11/h1-4,11H,5-8,13H2. The first-order chi connectivity index (χ1) is 7.75. The van der Waals surface area contributed by atoms with Gasteiger partial charge in [-0.15, -0.1) is 0 Å². The van der Waals surface area contributed by atoms with E-state index in [1.54, 1.807) is 24.3 Å². The molecule has 0 saturated carbocycles. The first-order valence-corrected chi connectivity index (χ1v) is 5.40. The fourth-order valence-corrected chi connectivity index (χ4v) is 1.63. The van der Waals surface area contributed by atoms with Crippen LogP contribution < -0.4 is 5.73 Å². The van der Waals surface area contributed by atoms with E-state index in [0.29, 0.717) is 24.5 Å². The van der Waals surface area contributed by atoms with Crippen LogP contribution in [0.2, 0.25) is 0 Å². The van der Waals surface area contributed by atoms with Gasteiger partial charge in [0.15, 0.2) is 0 Å². The summed E-state index contributed by atoms with van der Waals surface area (Å²) in [5, 5.41) is 0. The summed E-state index contributed by atoms with van der Waals surface area (Å²) in [5.74, 6) is -0.285. The lowest BCUT2D eigenvalue weighted by molar-refractivity contribution is -0.0159. The van der Waals surface area contributed by atoms with Gasteiger partial charge in [0, 0.05) is 18.5 Å². The van der Waals surface area contributed by atoms with Crippen molar-refractivity contribution < 1.29 is 14.3 Å². The van der Waals surface area contributed by atoms with Crippen LogP contribution in [0.25, 0.3) is 0 Å². The first kappa shape index (κ1) is 11.0. The van der Waals surface area contributed by atoms with Gasteiger partial charge in [-0.05, 0) is 24.3 Å². The van der Waals surface area contributed by atoms with Crippen LogP contribution in [-0.4, -0.2) is 25.3 Å². The fourth-order valence-electron chi connectivity index (χ4n) is 1.63. The molecule has 2 rings (SSSR count). The summed E-state index contributed by atoms with van der Waals surface area (Å²) in [4.78, 5) is 11.7. The molecule has 0 amide bonds. The quantitative estimate of drug-likeness (QED) is 0.608. The maximum atomic E-state index is 11.7. The molecule has 4 heteroatoms. The Balaban J connectivity index is 1.94. The van der Waals surface area contributed by atoms with E-state index in [1.807, 2.05) is 0 Å². The number of carbonyl (C=O) groups excluding carboxylic acids is 1. The number of hydrogen-bond donors (Lipinski definition) is 1. The molecule has 0 unspecified atom stereocenters. The lowest BCUT2D eigenvalue weighted by Gasteiger charge is -2.22. The van der Waals surface area contributed by atoms with Crippen molar-refractivity contribution in [1.82, 2.24) is 0 Å². The SMILES string of the molecule is Nc1ccc(C(=O)OC2CCOCC2)cc1. The molecule has 0 atom stereocenters. The third kappa shape index (κ3) is 2.73. The molecule has 86 valence electrons. The summed E-state index contributed by atoms with van der Waals surface area (Å²) in [6, 6.07) is 6.75. The first-order valence-electron chi connectivity index (χ1n) is 5.40. The Morgan fingerprint density at radius 1 is 1.25 bits per heavy atom. The Labute approximate surface area is 94.3 Å². The van der Waals surface area contributed by atoms with Crippen molar-refractivity contribution in [3.8, 4) is 0 Å². The summed E-state index contributed by atoms with van der Waals surface area (Å²) in [5.41, 5.74) is 6.73. The molecule has 1 fully saturated rings. The zero-order valence-corrected chi connectivity index (χ0v) is 9.02. The molecule has 1 aromatic rings. The van der Waals surface area contributed by atoms with Crippen LogP contribution in [0.3, 0.4) is 0 Å². The molecular formula is C12H15NO3. The van der Waals surface area contributed by atoms with Crippen molar-refractivity contribution in [2.75, 3.05) is 18.9 Å². The molecule has 1 aliphatic rings. The number of carbonyl (C=O) groups is 1. The lowest BCUT2D eigenvalue weighted by atomic mass is 10.1. The molecule has 0 bridgehead atoms. The second-order valence-electron chi connectivity index (χ2n) is 3.84. The summed E-state index contributed by atoms with van der Waals surface area (Å²) in [6.45, 7) is 1.33. The summed E-state index contributed by atoms with van der Waals surface area (Å²) >= 11 is 0. The van der Waals surface area contributed by atoms with Crippen LogP contribution >= 0.6 is 0 Å². The predicted molar refractivity (Wildman–Crippen MR) is 60.1 cm³/mol. The van der Waals surface area contributed by atoms with E-state index in [0.717, 1.165) is 12.8 Å². The monoisotopic (exact) mass is 221 g/mol. The number of ether oxygens (including phenoxy) is 2. The number of rotatable bonds is 2. The molecule has 1 aromatic carbocycles. The molecule has 1 heterocycles.